The first-order valence-electron chi connectivity index (χ1n) is 7.95. The minimum Gasteiger partial charge on any atom is -0.491 e. The number of nitrogens with zero attached hydrogens (tertiary/aromatic N) is 1. The number of hydrogen-bond donors (Lipinski definition) is 2. The van der Waals surface area contributed by atoms with Crippen molar-refractivity contribution in [1.82, 2.24) is 10.2 Å². The second-order valence-corrected chi connectivity index (χ2v) is 5.77. The highest BCUT2D eigenvalue weighted by Crippen LogP contribution is 2.20. The molecule has 0 heterocycles. The van der Waals surface area contributed by atoms with Gasteiger partial charge in [0, 0.05) is 6.54 Å². The van der Waals surface area contributed by atoms with Crippen LogP contribution in [0.15, 0.2) is 54.6 Å². The Morgan fingerprint density at radius 2 is 1.79 bits per heavy atom. The van der Waals surface area contributed by atoms with Gasteiger partial charge in [0.15, 0.2) is 0 Å². The molecule has 0 aromatic heterocycles. The number of carbonyl (C=O) groups excluding carboxylic acids is 1. The van der Waals surface area contributed by atoms with Gasteiger partial charge in [-0.05, 0) is 31.8 Å². The number of rotatable bonds is 8. The molecule has 24 heavy (non-hydrogen) atoms. The van der Waals surface area contributed by atoms with Crippen LogP contribution >= 0.6 is 0 Å². The number of aliphatic hydroxyl groups is 1. The van der Waals surface area contributed by atoms with Crippen LogP contribution in [0.3, 0.4) is 0 Å². The summed E-state index contributed by atoms with van der Waals surface area (Å²) in [6.07, 6.45) is 0. The van der Waals surface area contributed by atoms with Crippen molar-refractivity contribution in [3.63, 3.8) is 0 Å². The monoisotopic (exact) mass is 328 g/mol. The fourth-order valence-corrected chi connectivity index (χ4v) is 2.27. The summed E-state index contributed by atoms with van der Waals surface area (Å²) in [6.45, 7) is 1.10. The zero-order valence-electron chi connectivity index (χ0n) is 14.1. The molecule has 5 heteroatoms. The summed E-state index contributed by atoms with van der Waals surface area (Å²) < 4.78 is 5.73. The van der Waals surface area contributed by atoms with Crippen molar-refractivity contribution in [2.45, 2.75) is 6.04 Å². The van der Waals surface area contributed by atoms with Crippen molar-refractivity contribution in [2.75, 3.05) is 33.9 Å². The van der Waals surface area contributed by atoms with Crippen molar-refractivity contribution >= 4 is 5.91 Å². The van der Waals surface area contributed by atoms with Crippen LogP contribution < -0.4 is 10.1 Å². The summed E-state index contributed by atoms with van der Waals surface area (Å²) in [5, 5.41) is 12.5. The maximum absolute atomic E-state index is 12.6. The molecule has 1 atom stereocenters. The topological polar surface area (TPSA) is 61.8 Å². The molecule has 0 radical (unpaired) electrons. The SMILES string of the molecule is CN(C)CCOc1ccccc1C(=O)N[C@H](CO)c1ccccc1. The number of likely N-dealkylation sites (N-methyl/N-ethyl adjacent to an activating group) is 1. The predicted octanol–water partition coefficient (Wildman–Crippen LogP) is 2.09. The number of amides is 1. The van der Waals surface area contributed by atoms with E-state index in [2.05, 4.69) is 5.32 Å². The first-order chi connectivity index (χ1) is 11.6. The molecule has 0 unspecified atom stereocenters. The smallest absolute Gasteiger partial charge is 0.255 e. The first-order valence-corrected chi connectivity index (χ1v) is 7.95. The summed E-state index contributed by atoms with van der Waals surface area (Å²) >= 11 is 0. The van der Waals surface area contributed by atoms with Crippen LogP contribution in [0.2, 0.25) is 0 Å². The summed E-state index contributed by atoms with van der Waals surface area (Å²) in [5.74, 6) is 0.278. The third kappa shape index (κ3) is 5.08. The number of hydrogen-bond acceptors (Lipinski definition) is 4. The molecule has 0 aliphatic rings. The predicted molar refractivity (Wildman–Crippen MR) is 94.2 cm³/mol. The fraction of sp³-hybridized carbons (Fsp3) is 0.316. The van der Waals surface area contributed by atoms with E-state index in [0.29, 0.717) is 17.9 Å². The van der Waals surface area contributed by atoms with E-state index in [1.165, 1.54) is 0 Å². The Bertz CT molecular complexity index is 644. The molecule has 0 aliphatic heterocycles. The molecule has 0 spiro atoms. The van der Waals surface area contributed by atoms with Gasteiger partial charge in [0.05, 0.1) is 18.2 Å². The summed E-state index contributed by atoms with van der Waals surface area (Å²) in [7, 11) is 3.93. The molecule has 128 valence electrons. The van der Waals surface area contributed by atoms with E-state index in [9.17, 15) is 9.90 Å². The molecule has 2 aromatic rings. The van der Waals surface area contributed by atoms with Gasteiger partial charge < -0.3 is 20.1 Å². The number of para-hydroxylation sites is 1. The van der Waals surface area contributed by atoms with Crippen LogP contribution in [0.1, 0.15) is 22.0 Å². The quantitative estimate of drug-likeness (QED) is 0.779. The summed E-state index contributed by atoms with van der Waals surface area (Å²) in [5.41, 5.74) is 1.32. The normalized spacial score (nSPS) is 12.0. The summed E-state index contributed by atoms with van der Waals surface area (Å²) in [4.78, 5) is 14.6. The molecule has 1 amide bonds. The molecular formula is C19H24N2O3. The highest BCUT2D eigenvalue weighted by atomic mass is 16.5. The van der Waals surface area contributed by atoms with Gasteiger partial charge in [0.1, 0.15) is 12.4 Å². The molecule has 5 nitrogen and oxygen atoms in total. The minimum atomic E-state index is -0.450. The summed E-state index contributed by atoms with van der Waals surface area (Å²) in [6, 6.07) is 16.1. The Balaban J connectivity index is 2.08. The molecule has 0 saturated carbocycles. The van der Waals surface area contributed by atoms with E-state index in [1.807, 2.05) is 55.4 Å². The molecule has 2 aromatic carbocycles. The lowest BCUT2D eigenvalue weighted by Crippen LogP contribution is -2.31. The van der Waals surface area contributed by atoms with E-state index in [0.717, 1.165) is 12.1 Å². The van der Waals surface area contributed by atoms with E-state index >= 15 is 0 Å². The van der Waals surface area contributed by atoms with Crippen LogP contribution in [0.4, 0.5) is 0 Å². The molecule has 2 rings (SSSR count). The fourth-order valence-electron chi connectivity index (χ4n) is 2.27. The van der Waals surface area contributed by atoms with Gasteiger partial charge in [-0.15, -0.1) is 0 Å². The van der Waals surface area contributed by atoms with Gasteiger partial charge in [-0.2, -0.15) is 0 Å². The zero-order valence-corrected chi connectivity index (χ0v) is 14.1. The van der Waals surface area contributed by atoms with Gasteiger partial charge in [0.25, 0.3) is 5.91 Å². The van der Waals surface area contributed by atoms with E-state index in [4.69, 9.17) is 4.74 Å². The second-order valence-electron chi connectivity index (χ2n) is 5.77. The third-order valence-electron chi connectivity index (χ3n) is 3.62. The number of aliphatic hydroxyl groups excluding tert-OH is 1. The standard InChI is InChI=1S/C19H24N2O3/c1-21(2)12-13-24-18-11-7-6-10-16(18)19(23)20-17(14-22)15-8-4-3-5-9-15/h3-11,17,22H,12-14H2,1-2H3,(H,20,23)/t17-/m1/s1. The van der Waals surface area contributed by atoms with Gasteiger partial charge in [-0.1, -0.05) is 42.5 Å². The van der Waals surface area contributed by atoms with Crippen LogP contribution in [-0.2, 0) is 0 Å². The van der Waals surface area contributed by atoms with Crippen molar-refractivity contribution in [3.05, 3.63) is 65.7 Å². The molecule has 0 bridgehead atoms. The molecule has 0 fully saturated rings. The van der Waals surface area contributed by atoms with Crippen LogP contribution in [0.5, 0.6) is 5.75 Å². The van der Waals surface area contributed by atoms with Crippen molar-refractivity contribution in [1.29, 1.82) is 0 Å². The lowest BCUT2D eigenvalue weighted by molar-refractivity contribution is 0.0911. The van der Waals surface area contributed by atoms with Crippen molar-refractivity contribution in [3.8, 4) is 5.75 Å². The number of benzene rings is 2. The molecule has 0 aliphatic carbocycles. The van der Waals surface area contributed by atoms with Crippen molar-refractivity contribution in [2.24, 2.45) is 0 Å². The van der Waals surface area contributed by atoms with Gasteiger partial charge >= 0.3 is 0 Å². The van der Waals surface area contributed by atoms with Crippen molar-refractivity contribution < 1.29 is 14.6 Å². The van der Waals surface area contributed by atoms with E-state index in [1.54, 1.807) is 18.2 Å². The van der Waals surface area contributed by atoms with Gasteiger partial charge in [0.2, 0.25) is 0 Å². The lowest BCUT2D eigenvalue weighted by Gasteiger charge is -2.18. The first kappa shape index (κ1) is 18.0. The lowest BCUT2D eigenvalue weighted by atomic mass is 10.1. The van der Waals surface area contributed by atoms with E-state index < -0.39 is 6.04 Å². The Kier molecular flexibility index (Phi) is 6.78. The molecular weight excluding hydrogens is 304 g/mol. The third-order valence-corrected chi connectivity index (χ3v) is 3.62. The average Bonchev–Trinajstić information content (AvgIpc) is 2.60. The Labute approximate surface area is 142 Å². The van der Waals surface area contributed by atoms with Crippen LogP contribution in [0.25, 0.3) is 0 Å². The number of nitrogens with one attached hydrogen (secondary N) is 1. The highest BCUT2D eigenvalue weighted by Gasteiger charge is 2.17. The number of carbonyl (C=O) groups is 1. The maximum atomic E-state index is 12.6. The average molecular weight is 328 g/mol. The highest BCUT2D eigenvalue weighted by molar-refractivity contribution is 5.97. The minimum absolute atomic E-state index is 0.167. The van der Waals surface area contributed by atoms with Crippen LogP contribution in [-0.4, -0.2) is 49.8 Å². The largest absolute Gasteiger partial charge is 0.491 e. The Morgan fingerprint density at radius 1 is 1.12 bits per heavy atom. The second kappa shape index (κ2) is 9.05. The maximum Gasteiger partial charge on any atom is 0.255 e. The van der Waals surface area contributed by atoms with Crippen LogP contribution in [0, 0.1) is 0 Å². The van der Waals surface area contributed by atoms with Gasteiger partial charge in [-0.3, -0.25) is 4.79 Å². The Hall–Kier alpha value is -2.37. The van der Waals surface area contributed by atoms with Gasteiger partial charge in [-0.25, -0.2) is 0 Å². The van der Waals surface area contributed by atoms with E-state index in [-0.39, 0.29) is 12.5 Å². The number of ether oxygens (including phenoxy) is 1. The zero-order chi connectivity index (χ0) is 17.4. The molecule has 2 N–H and O–H groups in total. The molecule has 0 saturated heterocycles. The Morgan fingerprint density at radius 3 is 2.46 bits per heavy atom.